The second kappa shape index (κ2) is 8.81. The number of hydrogen-bond donors (Lipinski definition) is 1. The first-order valence-electron chi connectivity index (χ1n) is 10.1. The van der Waals surface area contributed by atoms with E-state index < -0.39 is 11.7 Å². The molecule has 1 aliphatic heterocycles. The van der Waals surface area contributed by atoms with Crippen LogP contribution >= 0.6 is 0 Å². The van der Waals surface area contributed by atoms with Crippen LogP contribution in [-0.2, 0) is 6.18 Å². The molecular formula is C22H20F3N5O2. The highest BCUT2D eigenvalue weighted by molar-refractivity contribution is 5.92. The van der Waals surface area contributed by atoms with Gasteiger partial charge in [0.25, 0.3) is 11.5 Å². The molecule has 166 valence electrons. The van der Waals surface area contributed by atoms with E-state index in [1.807, 2.05) is 11.0 Å². The molecule has 0 aliphatic carbocycles. The van der Waals surface area contributed by atoms with E-state index in [4.69, 9.17) is 0 Å². The first-order chi connectivity index (χ1) is 15.3. The predicted molar refractivity (Wildman–Crippen MR) is 112 cm³/mol. The van der Waals surface area contributed by atoms with Gasteiger partial charge in [0.1, 0.15) is 11.5 Å². The third-order valence-corrected chi connectivity index (χ3v) is 5.26. The maximum absolute atomic E-state index is 12.7. The number of amides is 1. The molecule has 1 aromatic carbocycles. The summed E-state index contributed by atoms with van der Waals surface area (Å²) >= 11 is 0. The van der Waals surface area contributed by atoms with Crippen LogP contribution in [0, 0.1) is 0 Å². The SMILES string of the molecule is O=C(NC1CCN(c2ccc(C(F)(F)F)cn2)CC1)c1ccc(=O)n(-c2ccccc2)n1. The van der Waals surface area contributed by atoms with E-state index in [0.29, 0.717) is 37.4 Å². The summed E-state index contributed by atoms with van der Waals surface area (Å²) in [6, 6.07) is 13.8. The zero-order valence-corrected chi connectivity index (χ0v) is 16.9. The van der Waals surface area contributed by atoms with Crippen molar-refractivity contribution in [3.05, 3.63) is 82.4 Å². The maximum atomic E-state index is 12.7. The number of alkyl halides is 3. The Morgan fingerprint density at radius 1 is 1.00 bits per heavy atom. The Balaban J connectivity index is 1.37. The van der Waals surface area contributed by atoms with Crippen LogP contribution in [0.4, 0.5) is 19.0 Å². The van der Waals surface area contributed by atoms with Crippen molar-refractivity contribution >= 4 is 11.7 Å². The van der Waals surface area contributed by atoms with Gasteiger partial charge in [0.05, 0.1) is 11.3 Å². The van der Waals surface area contributed by atoms with Crippen LogP contribution in [0.2, 0.25) is 0 Å². The molecule has 2 aromatic heterocycles. The summed E-state index contributed by atoms with van der Waals surface area (Å²) in [4.78, 5) is 30.6. The first kappa shape index (κ1) is 21.5. The molecule has 0 atom stereocenters. The van der Waals surface area contributed by atoms with E-state index in [-0.39, 0.29) is 23.2 Å². The van der Waals surface area contributed by atoms with Gasteiger partial charge in [-0.3, -0.25) is 9.59 Å². The van der Waals surface area contributed by atoms with Gasteiger partial charge >= 0.3 is 6.18 Å². The molecule has 0 spiro atoms. The van der Waals surface area contributed by atoms with Gasteiger partial charge < -0.3 is 10.2 Å². The van der Waals surface area contributed by atoms with Crippen LogP contribution in [-0.4, -0.2) is 39.8 Å². The molecule has 3 heterocycles. The molecule has 0 bridgehead atoms. The number of pyridine rings is 1. The largest absolute Gasteiger partial charge is 0.417 e. The molecule has 1 amide bonds. The van der Waals surface area contributed by atoms with Gasteiger partial charge in [0.15, 0.2) is 0 Å². The molecular weight excluding hydrogens is 423 g/mol. The summed E-state index contributed by atoms with van der Waals surface area (Å²) in [7, 11) is 0. The average Bonchev–Trinajstić information content (AvgIpc) is 2.80. The Hall–Kier alpha value is -3.69. The zero-order chi connectivity index (χ0) is 22.7. The number of piperidine rings is 1. The van der Waals surface area contributed by atoms with E-state index in [2.05, 4.69) is 15.4 Å². The van der Waals surface area contributed by atoms with Crippen LogP contribution in [0.1, 0.15) is 28.9 Å². The predicted octanol–water partition coefficient (Wildman–Crippen LogP) is 3.05. The van der Waals surface area contributed by atoms with Gasteiger partial charge in [-0.25, -0.2) is 4.98 Å². The molecule has 1 N–H and O–H groups in total. The second-order valence-corrected chi connectivity index (χ2v) is 7.44. The van der Waals surface area contributed by atoms with Gasteiger partial charge in [-0.15, -0.1) is 0 Å². The number of halogens is 3. The van der Waals surface area contributed by atoms with Gasteiger partial charge in [-0.1, -0.05) is 18.2 Å². The molecule has 1 fully saturated rings. The summed E-state index contributed by atoms with van der Waals surface area (Å²) in [5, 5.41) is 7.10. The van der Waals surface area contributed by atoms with Crippen molar-refractivity contribution in [3.63, 3.8) is 0 Å². The van der Waals surface area contributed by atoms with Crippen LogP contribution < -0.4 is 15.8 Å². The molecule has 0 unspecified atom stereocenters. The lowest BCUT2D eigenvalue weighted by molar-refractivity contribution is -0.137. The molecule has 1 saturated heterocycles. The third kappa shape index (κ3) is 4.79. The van der Waals surface area contributed by atoms with E-state index in [1.165, 1.54) is 22.9 Å². The van der Waals surface area contributed by atoms with Crippen LogP contribution in [0.3, 0.4) is 0 Å². The fraction of sp³-hybridized carbons (Fsp3) is 0.273. The maximum Gasteiger partial charge on any atom is 0.417 e. The summed E-state index contributed by atoms with van der Waals surface area (Å²) in [5.74, 6) is 0.0835. The van der Waals surface area contributed by atoms with E-state index in [9.17, 15) is 22.8 Å². The number of nitrogens with one attached hydrogen (secondary N) is 1. The van der Waals surface area contributed by atoms with Gasteiger partial charge in [-0.2, -0.15) is 23.0 Å². The first-order valence-corrected chi connectivity index (χ1v) is 10.1. The Morgan fingerprint density at radius 2 is 1.72 bits per heavy atom. The standard InChI is InChI=1S/C22H20F3N5O2/c23-22(24,25)15-6-8-19(26-14-15)29-12-10-16(11-13-29)27-21(32)18-7-9-20(31)30(28-18)17-4-2-1-3-5-17/h1-9,14,16H,10-13H2,(H,27,32). The van der Waals surface area contributed by atoms with E-state index in [0.717, 1.165) is 12.3 Å². The van der Waals surface area contributed by atoms with Crippen molar-refractivity contribution in [1.82, 2.24) is 20.1 Å². The quantitative estimate of drug-likeness (QED) is 0.671. The van der Waals surface area contributed by atoms with Gasteiger partial charge in [0.2, 0.25) is 0 Å². The van der Waals surface area contributed by atoms with Gasteiger partial charge in [-0.05, 0) is 43.2 Å². The summed E-state index contributed by atoms with van der Waals surface area (Å²) in [6.07, 6.45) is -2.38. The highest BCUT2D eigenvalue weighted by atomic mass is 19.4. The monoisotopic (exact) mass is 443 g/mol. The minimum Gasteiger partial charge on any atom is -0.356 e. The number of nitrogens with zero attached hydrogens (tertiary/aromatic N) is 4. The number of aromatic nitrogens is 3. The Labute approximate surface area is 181 Å². The Bertz CT molecular complexity index is 1140. The number of carbonyl (C=O) groups excluding carboxylic acids is 1. The fourth-order valence-electron chi connectivity index (χ4n) is 3.54. The highest BCUT2D eigenvalue weighted by Crippen LogP contribution is 2.29. The molecule has 4 rings (SSSR count). The lowest BCUT2D eigenvalue weighted by atomic mass is 10.0. The minimum atomic E-state index is -4.42. The second-order valence-electron chi connectivity index (χ2n) is 7.44. The molecule has 0 radical (unpaired) electrons. The Kier molecular flexibility index (Phi) is 5.93. The number of carbonyl (C=O) groups is 1. The average molecular weight is 443 g/mol. The van der Waals surface area contributed by atoms with Crippen molar-refractivity contribution in [2.75, 3.05) is 18.0 Å². The molecule has 1 aliphatic rings. The number of hydrogen-bond acceptors (Lipinski definition) is 5. The highest BCUT2D eigenvalue weighted by Gasteiger charge is 2.31. The molecule has 3 aromatic rings. The van der Waals surface area contributed by atoms with Crippen molar-refractivity contribution in [2.45, 2.75) is 25.1 Å². The number of para-hydroxylation sites is 1. The Morgan fingerprint density at radius 3 is 2.34 bits per heavy atom. The molecule has 7 nitrogen and oxygen atoms in total. The van der Waals surface area contributed by atoms with Crippen molar-refractivity contribution in [1.29, 1.82) is 0 Å². The van der Waals surface area contributed by atoms with Crippen LogP contribution in [0.25, 0.3) is 5.69 Å². The van der Waals surface area contributed by atoms with Crippen molar-refractivity contribution < 1.29 is 18.0 Å². The molecule has 32 heavy (non-hydrogen) atoms. The summed E-state index contributed by atoms with van der Waals surface area (Å²) < 4.78 is 39.3. The lowest BCUT2D eigenvalue weighted by Gasteiger charge is -2.33. The topological polar surface area (TPSA) is 80.1 Å². The summed E-state index contributed by atoms with van der Waals surface area (Å²) in [5.41, 5.74) is -0.442. The minimum absolute atomic E-state index is 0.118. The van der Waals surface area contributed by atoms with Gasteiger partial charge in [0, 0.05) is 31.4 Å². The number of benzene rings is 1. The molecule has 10 heteroatoms. The number of rotatable bonds is 4. The third-order valence-electron chi connectivity index (χ3n) is 5.26. The zero-order valence-electron chi connectivity index (χ0n) is 16.9. The number of anilines is 1. The smallest absolute Gasteiger partial charge is 0.356 e. The normalized spacial score (nSPS) is 14.9. The fourth-order valence-corrected chi connectivity index (χ4v) is 3.54. The van der Waals surface area contributed by atoms with Crippen LogP contribution in [0.15, 0.2) is 65.6 Å². The van der Waals surface area contributed by atoms with Crippen molar-refractivity contribution in [3.8, 4) is 5.69 Å². The van der Waals surface area contributed by atoms with Crippen LogP contribution in [0.5, 0.6) is 0 Å². The lowest BCUT2D eigenvalue weighted by Crippen LogP contribution is -2.45. The van der Waals surface area contributed by atoms with E-state index >= 15 is 0 Å². The van der Waals surface area contributed by atoms with E-state index in [1.54, 1.807) is 24.3 Å². The summed E-state index contributed by atoms with van der Waals surface area (Å²) in [6.45, 7) is 1.08. The molecule has 0 saturated carbocycles. The van der Waals surface area contributed by atoms with Crippen molar-refractivity contribution in [2.24, 2.45) is 0 Å².